The number of nitrogens with zero attached hydrogens (tertiary/aromatic N) is 4. The number of pyridine rings is 1. The summed E-state index contributed by atoms with van der Waals surface area (Å²) >= 11 is 0. The van der Waals surface area contributed by atoms with Gasteiger partial charge in [-0.15, -0.1) is 0 Å². The highest BCUT2D eigenvalue weighted by molar-refractivity contribution is 6.15. The van der Waals surface area contributed by atoms with Crippen LogP contribution in [0, 0.1) is 0 Å². The summed E-state index contributed by atoms with van der Waals surface area (Å²) in [4.78, 5) is 5.38. The molecule has 0 fully saturated rings. The van der Waals surface area contributed by atoms with Crippen LogP contribution >= 0.6 is 0 Å². The normalized spacial score (nSPS) is 17.6. The Bertz CT molecular complexity index is 3580. The van der Waals surface area contributed by atoms with Gasteiger partial charge in [0.1, 0.15) is 5.65 Å². The van der Waals surface area contributed by atoms with Crippen LogP contribution in [0.2, 0.25) is 0 Å². The number of hydrogen-bond acceptors (Lipinski definition) is 1. The Kier molecular flexibility index (Phi) is 7.06. The van der Waals surface area contributed by atoms with Gasteiger partial charge in [-0.1, -0.05) is 127 Å². The van der Waals surface area contributed by atoms with Gasteiger partial charge >= 0.3 is 0 Å². The maximum absolute atomic E-state index is 5.38. The minimum Gasteiger partial charge on any atom is -0.333 e. The van der Waals surface area contributed by atoms with Crippen molar-refractivity contribution in [2.45, 2.75) is 37.8 Å². The Morgan fingerprint density at radius 2 is 0.966 bits per heavy atom. The summed E-state index contributed by atoms with van der Waals surface area (Å²) < 4.78 is 7.51. The fourth-order valence-corrected chi connectivity index (χ4v) is 10.6. The number of benzene rings is 6. The smallest absolute Gasteiger partial charge is 0.146 e. The van der Waals surface area contributed by atoms with Crippen molar-refractivity contribution in [2.75, 3.05) is 0 Å². The molecule has 0 aliphatic heterocycles. The van der Waals surface area contributed by atoms with Gasteiger partial charge < -0.3 is 9.13 Å². The lowest BCUT2D eigenvalue weighted by Gasteiger charge is -2.18. The van der Waals surface area contributed by atoms with E-state index in [-0.39, 0.29) is 0 Å². The number of aryl methyl sites for hydroxylation is 1. The quantitative estimate of drug-likeness (QED) is 0.164. The first-order chi connectivity index (χ1) is 29.3. The molecule has 4 heterocycles. The zero-order chi connectivity index (χ0) is 38.6. The highest BCUT2D eigenvalue weighted by Crippen LogP contribution is 2.42. The summed E-state index contributed by atoms with van der Waals surface area (Å²) in [6.45, 7) is 0. The molecule has 4 nitrogen and oxygen atoms in total. The van der Waals surface area contributed by atoms with Crippen molar-refractivity contribution < 1.29 is 0 Å². The lowest BCUT2D eigenvalue weighted by atomic mass is 9.96. The van der Waals surface area contributed by atoms with E-state index in [0.717, 1.165) is 37.0 Å². The molecule has 0 bridgehead atoms. The van der Waals surface area contributed by atoms with Crippen molar-refractivity contribution in [1.29, 1.82) is 0 Å². The molecule has 0 saturated heterocycles. The van der Waals surface area contributed by atoms with Gasteiger partial charge in [-0.25, -0.2) is 4.98 Å². The summed E-state index contributed by atoms with van der Waals surface area (Å²) in [5.41, 5.74) is 14.6. The number of imidazole rings is 1. The highest BCUT2D eigenvalue weighted by atomic mass is 15.0. The fourth-order valence-electron chi connectivity index (χ4n) is 10.6. The second kappa shape index (κ2) is 12.7. The standard InChI is InChI=1S/C55H40N4/c1-3-13-39(14-4-1)57-49-20-10-7-17-42(49)45-31-36(25-29-51(45)57)35-23-27-41-44-28-24-38(34-54(44)59-53-22-12-9-19-48(53)56-55(59)47(41)33-35)37-26-30-52-46(32-37)43-18-8-11-21-50(43)58(52)40-15-5-2-6-16-40/h1-11,13,15,17-21,23-34,39-40H,12,14,16,22H2. The van der Waals surface area contributed by atoms with Gasteiger partial charge in [0, 0.05) is 54.4 Å². The largest absolute Gasteiger partial charge is 0.333 e. The van der Waals surface area contributed by atoms with Crippen LogP contribution in [0.4, 0.5) is 0 Å². The van der Waals surface area contributed by atoms with E-state index in [1.807, 2.05) is 0 Å². The molecule has 0 N–H and O–H groups in total. The van der Waals surface area contributed by atoms with E-state index >= 15 is 0 Å². The van der Waals surface area contributed by atoms with Gasteiger partial charge in [-0.2, -0.15) is 0 Å². The monoisotopic (exact) mass is 756 g/mol. The number of allylic oxidation sites excluding steroid dienone is 9. The molecule has 0 saturated carbocycles. The maximum Gasteiger partial charge on any atom is 0.146 e. The second-order valence-corrected chi connectivity index (χ2v) is 16.5. The van der Waals surface area contributed by atoms with Crippen LogP contribution in [-0.2, 0) is 6.42 Å². The Labute approximate surface area is 341 Å². The van der Waals surface area contributed by atoms with Crippen LogP contribution in [0.15, 0.2) is 176 Å². The van der Waals surface area contributed by atoms with Gasteiger partial charge in [0.05, 0.1) is 29.0 Å². The molecule has 280 valence electrons. The van der Waals surface area contributed by atoms with Crippen LogP contribution < -0.4 is 0 Å². The lowest BCUT2D eigenvalue weighted by molar-refractivity contribution is 0.648. The van der Waals surface area contributed by atoms with Crippen LogP contribution in [0.5, 0.6) is 0 Å². The topological polar surface area (TPSA) is 27.2 Å². The molecule has 3 aliphatic carbocycles. The number of fused-ring (bicyclic) bond motifs is 14. The molecule has 2 unspecified atom stereocenters. The van der Waals surface area contributed by atoms with Crippen LogP contribution in [0.25, 0.3) is 99.3 Å². The Hall–Kier alpha value is -7.17. The summed E-state index contributed by atoms with van der Waals surface area (Å²) in [5, 5.41) is 8.87. The maximum atomic E-state index is 5.38. The number of aromatic nitrogens is 4. The predicted octanol–water partition coefficient (Wildman–Crippen LogP) is 14.3. The first-order valence-corrected chi connectivity index (χ1v) is 21.1. The summed E-state index contributed by atoms with van der Waals surface area (Å²) in [6.07, 6.45) is 26.4. The van der Waals surface area contributed by atoms with E-state index in [9.17, 15) is 0 Å². The zero-order valence-electron chi connectivity index (χ0n) is 32.6. The molecule has 0 amide bonds. The summed E-state index contributed by atoms with van der Waals surface area (Å²) in [7, 11) is 0. The molecular formula is C55H40N4. The van der Waals surface area contributed by atoms with Crippen LogP contribution in [0.3, 0.4) is 0 Å². The third-order valence-electron chi connectivity index (χ3n) is 13.3. The predicted molar refractivity (Wildman–Crippen MR) is 248 cm³/mol. The van der Waals surface area contributed by atoms with Crippen LogP contribution in [-0.4, -0.2) is 18.5 Å². The Morgan fingerprint density at radius 1 is 0.441 bits per heavy atom. The highest BCUT2D eigenvalue weighted by Gasteiger charge is 2.22. The number of hydrogen-bond donors (Lipinski definition) is 0. The first-order valence-electron chi connectivity index (χ1n) is 21.1. The summed E-state index contributed by atoms with van der Waals surface area (Å²) in [5.74, 6) is 0. The summed E-state index contributed by atoms with van der Waals surface area (Å²) in [6, 6.07) is 46.6. The third kappa shape index (κ3) is 4.87. The van der Waals surface area contributed by atoms with E-state index in [4.69, 9.17) is 4.98 Å². The van der Waals surface area contributed by atoms with Gasteiger partial charge in [0.15, 0.2) is 0 Å². The van der Waals surface area contributed by atoms with Crippen molar-refractivity contribution in [2.24, 2.45) is 0 Å². The first kappa shape index (κ1) is 32.9. The molecule has 3 aliphatic rings. The molecule has 59 heavy (non-hydrogen) atoms. The van der Waals surface area contributed by atoms with Gasteiger partial charge in [-0.05, 0) is 108 Å². The average Bonchev–Trinajstić information content (AvgIpc) is 3.97. The van der Waals surface area contributed by atoms with Crippen LogP contribution in [0.1, 0.15) is 42.7 Å². The lowest BCUT2D eigenvalue weighted by Crippen LogP contribution is -2.06. The van der Waals surface area contributed by atoms with Crippen molar-refractivity contribution in [3.63, 3.8) is 0 Å². The Morgan fingerprint density at radius 3 is 1.58 bits per heavy atom. The second-order valence-electron chi connectivity index (χ2n) is 16.5. The molecule has 13 rings (SSSR count). The number of para-hydroxylation sites is 2. The number of rotatable bonds is 4. The molecule has 4 aromatic heterocycles. The average molecular weight is 757 g/mol. The molecule has 0 spiro atoms. The molecular weight excluding hydrogens is 717 g/mol. The Balaban J connectivity index is 0.984. The van der Waals surface area contributed by atoms with E-state index in [0.29, 0.717) is 12.1 Å². The van der Waals surface area contributed by atoms with Crippen molar-refractivity contribution in [1.82, 2.24) is 18.5 Å². The minimum atomic E-state index is 0.308. The van der Waals surface area contributed by atoms with E-state index < -0.39 is 0 Å². The van der Waals surface area contributed by atoms with Crippen molar-refractivity contribution in [3.8, 4) is 22.3 Å². The fraction of sp³-hybridized carbons (Fsp3) is 0.109. The van der Waals surface area contributed by atoms with Crippen molar-refractivity contribution in [3.05, 3.63) is 187 Å². The molecule has 4 heteroatoms. The molecule has 0 radical (unpaired) electrons. The van der Waals surface area contributed by atoms with E-state index in [1.165, 1.54) is 93.2 Å². The third-order valence-corrected chi connectivity index (χ3v) is 13.3. The SMILES string of the molecule is C1=CCC(n2c3ccccc3c3cc(-c4ccc5c6ccc(-c7ccc8c(c7)c7ccccc7n8C7C=CC=CC7)cc6n6c7c(nc6c5c4)C=CCC7)ccc32)C=C1. The molecule has 10 aromatic rings. The van der Waals surface area contributed by atoms with Gasteiger partial charge in [0.2, 0.25) is 0 Å². The van der Waals surface area contributed by atoms with E-state index in [1.54, 1.807) is 0 Å². The minimum absolute atomic E-state index is 0.308. The van der Waals surface area contributed by atoms with E-state index in [2.05, 4.69) is 196 Å². The van der Waals surface area contributed by atoms with Crippen molar-refractivity contribution >= 4 is 77.0 Å². The molecule has 2 atom stereocenters. The zero-order valence-corrected chi connectivity index (χ0v) is 32.6. The van der Waals surface area contributed by atoms with Gasteiger partial charge in [-0.3, -0.25) is 4.40 Å². The van der Waals surface area contributed by atoms with Gasteiger partial charge in [0.25, 0.3) is 0 Å². The molecule has 6 aromatic carbocycles.